The Morgan fingerprint density at radius 1 is 1.24 bits per heavy atom. The van der Waals surface area contributed by atoms with Crippen molar-refractivity contribution in [3.63, 3.8) is 0 Å². The van der Waals surface area contributed by atoms with E-state index in [0.717, 1.165) is 42.8 Å². The van der Waals surface area contributed by atoms with Crippen molar-refractivity contribution < 1.29 is 9.32 Å². The normalized spacial score (nSPS) is 22.8. The van der Waals surface area contributed by atoms with Crippen molar-refractivity contribution in [2.24, 2.45) is 5.92 Å². The number of nitrogens with zero attached hydrogens (tertiary/aromatic N) is 3. The Bertz CT molecular complexity index is 847. The summed E-state index contributed by atoms with van der Waals surface area (Å²) in [6, 6.07) is 11.1. The Balaban J connectivity index is 1.62. The number of carbonyl (C=O) groups excluding carboxylic acids is 1. The molecule has 0 aliphatic carbocycles. The van der Waals surface area contributed by atoms with Gasteiger partial charge in [-0.2, -0.15) is 0 Å². The second kappa shape index (κ2) is 8.57. The third kappa shape index (κ3) is 4.47. The molecule has 156 valence electrons. The first-order valence-corrected chi connectivity index (χ1v) is 10.8. The third-order valence-corrected chi connectivity index (χ3v) is 6.26. The summed E-state index contributed by atoms with van der Waals surface area (Å²) in [5.41, 5.74) is 3.10. The van der Waals surface area contributed by atoms with E-state index in [1.807, 2.05) is 23.1 Å². The molecule has 3 heterocycles. The predicted octanol–water partition coefficient (Wildman–Crippen LogP) is 3.79. The van der Waals surface area contributed by atoms with Crippen molar-refractivity contribution in [3.05, 3.63) is 47.3 Å². The van der Waals surface area contributed by atoms with Crippen molar-refractivity contribution >= 4 is 11.6 Å². The van der Waals surface area contributed by atoms with Gasteiger partial charge in [-0.05, 0) is 50.3 Å². The smallest absolute Gasteiger partial charge is 0.292 e. The van der Waals surface area contributed by atoms with Crippen LogP contribution in [0.4, 0.5) is 5.69 Å². The number of hydrogen-bond acceptors (Lipinski definition) is 5. The van der Waals surface area contributed by atoms with Gasteiger partial charge in [0.25, 0.3) is 5.91 Å². The Morgan fingerprint density at radius 2 is 2.03 bits per heavy atom. The van der Waals surface area contributed by atoms with Crippen molar-refractivity contribution in [1.82, 2.24) is 15.0 Å². The van der Waals surface area contributed by atoms with Crippen LogP contribution in [0, 0.1) is 5.92 Å². The third-order valence-electron chi connectivity index (χ3n) is 6.26. The number of aromatic nitrogens is 1. The van der Waals surface area contributed by atoms with E-state index < -0.39 is 0 Å². The second-order valence-electron chi connectivity index (χ2n) is 8.89. The van der Waals surface area contributed by atoms with Crippen LogP contribution in [0.15, 0.2) is 34.9 Å². The fourth-order valence-electron chi connectivity index (χ4n) is 4.62. The summed E-state index contributed by atoms with van der Waals surface area (Å²) in [7, 11) is 2.20. The number of amides is 1. The van der Waals surface area contributed by atoms with Gasteiger partial charge in [-0.1, -0.05) is 37.2 Å². The van der Waals surface area contributed by atoms with Crippen LogP contribution in [0.5, 0.6) is 0 Å². The van der Waals surface area contributed by atoms with E-state index in [9.17, 15) is 4.79 Å². The number of para-hydroxylation sites is 1. The van der Waals surface area contributed by atoms with Gasteiger partial charge in [0, 0.05) is 43.5 Å². The first kappa shape index (κ1) is 20.0. The van der Waals surface area contributed by atoms with Crippen molar-refractivity contribution in [3.8, 4) is 0 Å². The molecule has 2 atom stereocenters. The minimum atomic E-state index is -0.0709. The van der Waals surface area contributed by atoms with Crippen molar-refractivity contribution in [2.45, 2.75) is 58.2 Å². The molecule has 2 aromatic rings. The number of carbonyl (C=O) groups is 1. The van der Waals surface area contributed by atoms with E-state index in [4.69, 9.17) is 4.52 Å². The number of hydrogen-bond donors (Lipinski definition) is 1. The highest BCUT2D eigenvalue weighted by Crippen LogP contribution is 2.28. The monoisotopic (exact) mass is 396 g/mol. The Labute approximate surface area is 173 Å². The lowest BCUT2D eigenvalue weighted by Gasteiger charge is -2.30. The zero-order chi connectivity index (χ0) is 20.4. The van der Waals surface area contributed by atoms with Gasteiger partial charge in [-0.3, -0.25) is 9.69 Å². The molecular weight excluding hydrogens is 364 g/mol. The lowest BCUT2D eigenvalue weighted by atomic mass is 10.1. The molecule has 1 aromatic carbocycles. The maximum atomic E-state index is 13.4. The SMILES string of the molecule is CC(C)Cc1cc(C(=O)N2Cc3ccccc3NCC[C@@H]3CC[C@H](C2)N3C)on1. The summed E-state index contributed by atoms with van der Waals surface area (Å²) in [5, 5.41) is 7.71. The average molecular weight is 397 g/mol. The lowest BCUT2D eigenvalue weighted by molar-refractivity contribution is 0.0648. The molecule has 4 rings (SSSR count). The van der Waals surface area contributed by atoms with E-state index in [-0.39, 0.29) is 5.91 Å². The highest BCUT2D eigenvalue weighted by molar-refractivity contribution is 5.91. The molecule has 2 aliphatic heterocycles. The molecule has 1 amide bonds. The van der Waals surface area contributed by atoms with Gasteiger partial charge >= 0.3 is 0 Å². The zero-order valence-electron chi connectivity index (χ0n) is 17.7. The number of anilines is 1. The highest BCUT2D eigenvalue weighted by Gasteiger charge is 2.34. The minimum Gasteiger partial charge on any atom is -0.385 e. The first-order chi connectivity index (χ1) is 14.0. The molecule has 1 fully saturated rings. The van der Waals surface area contributed by atoms with Crippen molar-refractivity contribution in [1.29, 1.82) is 0 Å². The molecule has 1 aromatic heterocycles. The number of benzene rings is 1. The molecule has 6 nitrogen and oxygen atoms in total. The number of fused-ring (bicyclic) bond motifs is 3. The first-order valence-electron chi connectivity index (χ1n) is 10.8. The molecule has 2 aliphatic rings. The Hall–Kier alpha value is -2.34. The van der Waals surface area contributed by atoms with Crippen LogP contribution in [0.25, 0.3) is 0 Å². The van der Waals surface area contributed by atoms with Gasteiger partial charge in [0.2, 0.25) is 5.76 Å². The molecule has 0 unspecified atom stereocenters. The fraction of sp³-hybridized carbons (Fsp3) is 0.565. The van der Waals surface area contributed by atoms with Crippen LogP contribution >= 0.6 is 0 Å². The largest absolute Gasteiger partial charge is 0.385 e. The molecule has 1 N–H and O–H groups in total. The highest BCUT2D eigenvalue weighted by atomic mass is 16.5. The molecule has 0 radical (unpaired) electrons. The van der Waals surface area contributed by atoms with Crippen LogP contribution in [-0.4, -0.2) is 53.1 Å². The second-order valence-corrected chi connectivity index (χ2v) is 8.89. The van der Waals surface area contributed by atoms with E-state index >= 15 is 0 Å². The van der Waals surface area contributed by atoms with Gasteiger partial charge < -0.3 is 14.7 Å². The number of rotatable bonds is 3. The number of likely N-dealkylation sites (N-methyl/N-ethyl adjacent to an activating group) is 1. The molecule has 29 heavy (non-hydrogen) atoms. The van der Waals surface area contributed by atoms with Crippen LogP contribution in [0.3, 0.4) is 0 Å². The fourth-order valence-corrected chi connectivity index (χ4v) is 4.62. The van der Waals surface area contributed by atoms with Crippen LogP contribution in [0.2, 0.25) is 0 Å². The molecular formula is C23H32N4O2. The minimum absolute atomic E-state index is 0.0709. The van der Waals surface area contributed by atoms with E-state index in [2.05, 4.69) is 48.4 Å². The lowest BCUT2D eigenvalue weighted by Crippen LogP contribution is -2.43. The van der Waals surface area contributed by atoms with Crippen LogP contribution in [-0.2, 0) is 13.0 Å². The average Bonchev–Trinajstić information content (AvgIpc) is 3.28. The van der Waals surface area contributed by atoms with Gasteiger partial charge in [0.15, 0.2) is 0 Å². The molecule has 1 saturated heterocycles. The molecule has 0 saturated carbocycles. The van der Waals surface area contributed by atoms with Gasteiger partial charge in [-0.15, -0.1) is 0 Å². The Morgan fingerprint density at radius 3 is 2.86 bits per heavy atom. The van der Waals surface area contributed by atoms with Gasteiger partial charge in [0.1, 0.15) is 0 Å². The van der Waals surface area contributed by atoms with Crippen LogP contribution < -0.4 is 5.32 Å². The topological polar surface area (TPSA) is 61.6 Å². The summed E-state index contributed by atoms with van der Waals surface area (Å²) >= 11 is 0. The Kier molecular flexibility index (Phi) is 5.90. The molecule has 2 bridgehead atoms. The number of nitrogens with one attached hydrogen (secondary N) is 1. The summed E-state index contributed by atoms with van der Waals surface area (Å²) in [6.07, 6.45) is 4.25. The summed E-state index contributed by atoms with van der Waals surface area (Å²) < 4.78 is 5.46. The standard InChI is InChI=1S/C23H32N4O2/c1-16(2)12-18-13-22(29-25-18)23(28)27-14-17-6-4-5-7-21(17)24-11-10-19-8-9-20(15-27)26(19)3/h4-7,13,16,19-20,24H,8-12,14-15H2,1-3H3/t19-,20+/m0/s1. The predicted molar refractivity (Wildman–Crippen MR) is 114 cm³/mol. The van der Waals surface area contributed by atoms with Gasteiger partial charge in [-0.25, -0.2) is 0 Å². The summed E-state index contributed by atoms with van der Waals surface area (Å²) in [4.78, 5) is 17.8. The van der Waals surface area contributed by atoms with E-state index in [0.29, 0.717) is 36.9 Å². The summed E-state index contributed by atoms with van der Waals surface area (Å²) in [6.45, 7) is 6.51. The quantitative estimate of drug-likeness (QED) is 0.855. The van der Waals surface area contributed by atoms with Crippen molar-refractivity contribution in [2.75, 3.05) is 25.5 Å². The maximum absolute atomic E-state index is 13.4. The van der Waals surface area contributed by atoms with Gasteiger partial charge in [0.05, 0.1) is 5.69 Å². The zero-order valence-corrected chi connectivity index (χ0v) is 17.7. The molecule has 0 spiro atoms. The van der Waals surface area contributed by atoms with E-state index in [1.165, 1.54) is 6.42 Å². The summed E-state index contributed by atoms with van der Waals surface area (Å²) in [5.74, 6) is 0.749. The molecule has 6 heteroatoms. The van der Waals surface area contributed by atoms with Crippen LogP contribution in [0.1, 0.15) is 54.9 Å². The van der Waals surface area contributed by atoms with E-state index in [1.54, 1.807) is 0 Å². The maximum Gasteiger partial charge on any atom is 0.292 e.